The fraction of sp³-hybridized carbons (Fsp3) is 0.562. The maximum atomic E-state index is 11.5. The van der Waals surface area contributed by atoms with Crippen molar-refractivity contribution in [3.8, 4) is 0 Å². The van der Waals surface area contributed by atoms with Crippen LogP contribution in [0.15, 0.2) is 34.9 Å². The first-order valence-corrected chi connectivity index (χ1v) is 6.55. The van der Waals surface area contributed by atoms with Gasteiger partial charge in [0.05, 0.1) is 12.7 Å². The Bertz CT molecular complexity index is 409. The fourth-order valence-electron chi connectivity index (χ4n) is 2.58. The highest BCUT2D eigenvalue weighted by Crippen LogP contribution is 2.40. The van der Waals surface area contributed by atoms with Gasteiger partial charge in [-0.25, -0.2) is 4.79 Å². The summed E-state index contributed by atoms with van der Waals surface area (Å²) in [6, 6.07) is 0. The van der Waals surface area contributed by atoms with E-state index < -0.39 is 0 Å². The Hall–Kier alpha value is -1.31. The number of hydrogen-bond donors (Lipinski definition) is 0. The van der Waals surface area contributed by atoms with Gasteiger partial charge in [-0.3, -0.25) is 0 Å². The van der Waals surface area contributed by atoms with E-state index in [1.165, 1.54) is 31.1 Å². The monoisotopic (exact) mass is 248 g/mol. The summed E-state index contributed by atoms with van der Waals surface area (Å²) in [7, 11) is 1.41. The van der Waals surface area contributed by atoms with Gasteiger partial charge in [0.1, 0.15) is 0 Å². The SMILES string of the molecule is C/C=C(\C=C\C1=C(C)CCCC1(C)C)C(=O)OC. The molecule has 0 spiro atoms. The van der Waals surface area contributed by atoms with E-state index in [-0.39, 0.29) is 11.4 Å². The minimum Gasteiger partial charge on any atom is -0.465 e. The van der Waals surface area contributed by atoms with Gasteiger partial charge in [0, 0.05) is 0 Å². The van der Waals surface area contributed by atoms with Gasteiger partial charge in [-0.2, -0.15) is 0 Å². The Morgan fingerprint density at radius 3 is 2.56 bits per heavy atom. The quantitative estimate of drug-likeness (QED) is 0.425. The van der Waals surface area contributed by atoms with Crippen LogP contribution in [0, 0.1) is 5.41 Å². The molecule has 2 nitrogen and oxygen atoms in total. The summed E-state index contributed by atoms with van der Waals surface area (Å²) in [5.74, 6) is -0.277. The van der Waals surface area contributed by atoms with Crippen LogP contribution in [-0.4, -0.2) is 13.1 Å². The Morgan fingerprint density at radius 2 is 2.06 bits per heavy atom. The molecule has 1 rings (SSSR count). The zero-order chi connectivity index (χ0) is 13.8. The molecule has 1 aliphatic carbocycles. The van der Waals surface area contributed by atoms with Crippen molar-refractivity contribution < 1.29 is 9.53 Å². The number of rotatable bonds is 3. The molecule has 0 aromatic rings. The summed E-state index contributed by atoms with van der Waals surface area (Å²) in [6.45, 7) is 8.57. The first kappa shape index (κ1) is 14.7. The second-order valence-electron chi connectivity index (χ2n) is 5.50. The summed E-state index contributed by atoms with van der Waals surface area (Å²) >= 11 is 0. The van der Waals surface area contributed by atoms with Crippen molar-refractivity contribution in [2.45, 2.75) is 47.0 Å². The number of methoxy groups -OCH3 is 1. The fourth-order valence-corrected chi connectivity index (χ4v) is 2.58. The molecule has 0 N–H and O–H groups in total. The Morgan fingerprint density at radius 1 is 1.39 bits per heavy atom. The minimum absolute atomic E-state index is 0.202. The third kappa shape index (κ3) is 3.34. The summed E-state index contributed by atoms with van der Waals surface area (Å²) in [4.78, 5) is 11.5. The predicted molar refractivity (Wildman–Crippen MR) is 75.2 cm³/mol. The molecule has 0 aromatic carbocycles. The molecule has 1 aliphatic rings. The van der Waals surface area contributed by atoms with Gasteiger partial charge in [-0.05, 0) is 50.2 Å². The molecule has 0 bridgehead atoms. The van der Waals surface area contributed by atoms with Gasteiger partial charge >= 0.3 is 5.97 Å². The van der Waals surface area contributed by atoms with Gasteiger partial charge < -0.3 is 4.74 Å². The standard InChI is InChI=1S/C16H24O2/c1-6-13(15(17)18-5)9-10-14-12(2)8-7-11-16(14,3)4/h6,9-10H,7-8,11H2,1-5H3/b10-9+,13-6+. The smallest absolute Gasteiger partial charge is 0.337 e. The highest BCUT2D eigenvalue weighted by atomic mass is 16.5. The Balaban J connectivity index is 2.98. The number of hydrogen-bond acceptors (Lipinski definition) is 2. The van der Waals surface area contributed by atoms with Crippen molar-refractivity contribution in [1.29, 1.82) is 0 Å². The Kier molecular flexibility index (Phi) is 4.94. The van der Waals surface area contributed by atoms with E-state index in [1.807, 2.05) is 13.0 Å². The van der Waals surface area contributed by atoms with Gasteiger partial charge in [-0.1, -0.05) is 31.6 Å². The molecule has 0 fully saturated rings. The summed E-state index contributed by atoms with van der Waals surface area (Å²) in [6.07, 6.45) is 9.36. The molecular weight excluding hydrogens is 224 g/mol. The molecule has 0 saturated carbocycles. The molecule has 0 unspecified atom stereocenters. The van der Waals surface area contributed by atoms with Crippen LogP contribution < -0.4 is 0 Å². The molecule has 0 amide bonds. The molecule has 0 heterocycles. The van der Waals surface area contributed by atoms with Crippen molar-refractivity contribution in [1.82, 2.24) is 0 Å². The third-order valence-corrected chi connectivity index (χ3v) is 3.70. The lowest BCUT2D eigenvalue weighted by Crippen LogP contribution is -2.19. The van der Waals surface area contributed by atoms with E-state index >= 15 is 0 Å². The lowest BCUT2D eigenvalue weighted by atomic mass is 9.72. The molecule has 2 heteroatoms. The lowest BCUT2D eigenvalue weighted by molar-refractivity contribution is -0.135. The van der Waals surface area contributed by atoms with Crippen LogP contribution in [0.1, 0.15) is 47.0 Å². The first-order chi connectivity index (χ1) is 8.42. The molecule has 100 valence electrons. The van der Waals surface area contributed by atoms with Gasteiger partial charge in [0.15, 0.2) is 0 Å². The second kappa shape index (κ2) is 6.03. The number of carbonyl (C=O) groups excluding carboxylic acids is 1. The molecular formula is C16H24O2. The number of carbonyl (C=O) groups is 1. The summed E-state index contributed by atoms with van der Waals surface area (Å²) in [5.41, 5.74) is 3.60. The van der Waals surface area contributed by atoms with Crippen LogP contribution in [0.2, 0.25) is 0 Å². The molecule has 0 aromatic heterocycles. The minimum atomic E-state index is -0.277. The van der Waals surface area contributed by atoms with Crippen LogP contribution in [0.25, 0.3) is 0 Å². The normalized spacial score (nSPS) is 20.4. The van der Waals surface area contributed by atoms with Gasteiger partial charge in [0.2, 0.25) is 0 Å². The summed E-state index contributed by atoms with van der Waals surface area (Å²) < 4.78 is 4.75. The highest BCUT2D eigenvalue weighted by molar-refractivity contribution is 5.91. The van der Waals surface area contributed by atoms with Crippen LogP contribution in [0.5, 0.6) is 0 Å². The van der Waals surface area contributed by atoms with E-state index in [1.54, 1.807) is 6.08 Å². The third-order valence-electron chi connectivity index (χ3n) is 3.70. The molecule has 0 aliphatic heterocycles. The zero-order valence-electron chi connectivity index (χ0n) is 12.2. The first-order valence-electron chi connectivity index (χ1n) is 6.55. The predicted octanol–water partition coefficient (Wildman–Crippen LogP) is 4.19. The Labute approximate surface area is 110 Å². The lowest BCUT2D eigenvalue weighted by Gasteiger charge is -2.32. The molecule has 0 atom stereocenters. The molecule has 0 saturated heterocycles. The number of allylic oxidation sites excluding steroid dienone is 4. The number of esters is 1. The topological polar surface area (TPSA) is 26.3 Å². The average Bonchev–Trinajstić information content (AvgIpc) is 2.31. The van der Waals surface area contributed by atoms with Crippen LogP contribution >= 0.6 is 0 Å². The maximum absolute atomic E-state index is 11.5. The number of ether oxygens (including phenoxy) is 1. The van der Waals surface area contributed by atoms with E-state index in [0.717, 1.165) is 6.42 Å². The van der Waals surface area contributed by atoms with Crippen molar-refractivity contribution in [3.05, 3.63) is 34.9 Å². The maximum Gasteiger partial charge on any atom is 0.337 e. The van der Waals surface area contributed by atoms with Crippen LogP contribution in [0.3, 0.4) is 0 Å². The molecule has 0 radical (unpaired) electrons. The van der Waals surface area contributed by atoms with E-state index in [0.29, 0.717) is 5.57 Å². The van der Waals surface area contributed by atoms with E-state index in [4.69, 9.17) is 4.74 Å². The van der Waals surface area contributed by atoms with Crippen LogP contribution in [-0.2, 0) is 9.53 Å². The second-order valence-corrected chi connectivity index (χ2v) is 5.50. The summed E-state index contributed by atoms with van der Waals surface area (Å²) in [5, 5.41) is 0. The van der Waals surface area contributed by atoms with Crippen molar-refractivity contribution >= 4 is 5.97 Å². The zero-order valence-corrected chi connectivity index (χ0v) is 12.2. The van der Waals surface area contributed by atoms with Gasteiger partial charge in [0.25, 0.3) is 0 Å². The largest absolute Gasteiger partial charge is 0.465 e. The highest BCUT2D eigenvalue weighted by Gasteiger charge is 2.26. The van der Waals surface area contributed by atoms with Crippen molar-refractivity contribution in [3.63, 3.8) is 0 Å². The van der Waals surface area contributed by atoms with E-state index in [2.05, 4.69) is 26.8 Å². The van der Waals surface area contributed by atoms with E-state index in [9.17, 15) is 4.79 Å². The van der Waals surface area contributed by atoms with Crippen molar-refractivity contribution in [2.24, 2.45) is 5.41 Å². The average molecular weight is 248 g/mol. The molecule has 18 heavy (non-hydrogen) atoms. The van der Waals surface area contributed by atoms with Crippen molar-refractivity contribution in [2.75, 3.05) is 7.11 Å². The van der Waals surface area contributed by atoms with Gasteiger partial charge in [-0.15, -0.1) is 0 Å². The van der Waals surface area contributed by atoms with Crippen LogP contribution in [0.4, 0.5) is 0 Å².